The second-order valence-electron chi connectivity index (χ2n) is 4.54. The van der Waals surface area contributed by atoms with Crippen LogP contribution in [-0.4, -0.2) is 11.7 Å². The number of aliphatic hydroxyl groups is 1. The van der Waals surface area contributed by atoms with Crippen LogP contribution in [0.1, 0.15) is 27.6 Å². The Morgan fingerprint density at radius 1 is 1.22 bits per heavy atom. The molecule has 0 fully saturated rings. The first-order valence-corrected chi connectivity index (χ1v) is 7.02. The zero-order chi connectivity index (χ0) is 13.0. The maximum atomic E-state index is 9.51. The van der Waals surface area contributed by atoms with Gasteiger partial charge in [-0.15, -0.1) is 11.3 Å². The number of hydrogen-bond donors (Lipinski definition) is 2. The lowest BCUT2D eigenvalue weighted by molar-refractivity contribution is 0.244. The smallest absolute Gasteiger partial charge is 0.0626 e. The Morgan fingerprint density at radius 3 is 2.67 bits per heavy atom. The molecule has 0 aliphatic heterocycles. The average molecular weight is 261 g/mol. The molecule has 1 heterocycles. The first kappa shape index (κ1) is 13.3. The van der Waals surface area contributed by atoms with Gasteiger partial charge in [-0.3, -0.25) is 0 Å². The van der Waals surface area contributed by atoms with E-state index in [4.69, 9.17) is 0 Å². The molecule has 1 unspecified atom stereocenters. The predicted molar refractivity (Wildman–Crippen MR) is 76.9 cm³/mol. The Hall–Kier alpha value is -1.16. The summed E-state index contributed by atoms with van der Waals surface area (Å²) < 4.78 is 0. The van der Waals surface area contributed by atoms with Crippen molar-refractivity contribution in [2.75, 3.05) is 6.61 Å². The molecule has 0 saturated heterocycles. The minimum Gasteiger partial charge on any atom is -0.394 e. The fourth-order valence-corrected chi connectivity index (χ4v) is 2.56. The monoisotopic (exact) mass is 261 g/mol. The van der Waals surface area contributed by atoms with Gasteiger partial charge < -0.3 is 10.4 Å². The molecular weight excluding hydrogens is 242 g/mol. The van der Waals surface area contributed by atoms with Gasteiger partial charge in [0, 0.05) is 11.4 Å². The van der Waals surface area contributed by atoms with Gasteiger partial charge in [0.2, 0.25) is 0 Å². The number of aryl methyl sites for hydroxylation is 2. The summed E-state index contributed by atoms with van der Waals surface area (Å²) in [6.45, 7) is 5.13. The van der Waals surface area contributed by atoms with Crippen LogP contribution in [0.5, 0.6) is 0 Å². The Labute approximate surface area is 112 Å². The normalized spacial score (nSPS) is 12.6. The largest absolute Gasteiger partial charge is 0.394 e. The Kier molecular flexibility index (Phi) is 4.53. The molecule has 2 nitrogen and oxygen atoms in total. The number of nitrogens with one attached hydrogen (secondary N) is 1. The average Bonchev–Trinajstić information content (AvgIpc) is 2.87. The van der Waals surface area contributed by atoms with E-state index < -0.39 is 0 Å². The SMILES string of the molecule is Cc1ccc(C(CO)NCc2cccs2)cc1C. The molecule has 2 N–H and O–H groups in total. The van der Waals surface area contributed by atoms with Crippen molar-refractivity contribution in [2.45, 2.75) is 26.4 Å². The summed E-state index contributed by atoms with van der Waals surface area (Å²) >= 11 is 1.73. The molecule has 0 spiro atoms. The Balaban J connectivity index is 2.05. The predicted octanol–water partition coefficient (Wildman–Crippen LogP) is 3.19. The number of aliphatic hydroxyl groups excluding tert-OH is 1. The maximum Gasteiger partial charge on any atom is 0.0626 e. The van der Waals surface area contributed by atoms with Crippen LogP contribution >= 0.6 is 11.3 Å². The lowest BCUT2D eigenvalue weighted by Gasteiger charge is -2.17. The van der Waals surface area contributed by atoms with Crippen molar-refractivity contribution in [3.63, 3.8) is 0 Å². The number of thiophene rings is 1. The molecule has 0 aliphatic rings. The molecule has 1 atom stereocenters. The molecule has 96 valence electrons. The van der Waals surface area contributed by atoms with Crippen LogP contribution in [0.2, 0.25) is 0 Å². The van der Waals surface area contributed by atoms with Gasteiger partial charge in [0.15, 0.2) is 0 Å². The zero-order valence-electron chi connectivity index (χ0n) is 10.8. The van der Waals surface area contributed by atoms with Gasteiger partial charge in [0.25, 0.3) is 0 Å². The topological polar surface area (TPSA) is 32.3 Å². The fraction of sp³-hybridized carbons (Fsp3) is 0.333. The molecule has 2 aromatic rings. The summed E-state index contributed by atoms with van der Waals surface area (Å²) in [7, 11) is 0. The van der Waals surface area contributed by atoms with Gasteiger partial charge in [0.1, 0.15) is 0 Å². The van der Waals surface area contributed by atoms with Crippen LogP contribution in [0.25, 0.3) is 0 Å². The molecule has 18 heavy (non-hydrogen) atoms. The molecule has 1 aromatic carbocycles. The van der Waals surface area contributed by atoms with Crippen molar-refractivity contribution in [2.24, 2.45) is 0 Å². The third kappa shape index (κ3) is 3.19. The van der Waals surface area contributed by atoms with E-state index in [1.54, 1.807) is 11.3 Å². The van der Waals surface area contributed by atoms with Crippen molar-refractivity contribution < 1.29 is 5.11 Å². The summed E-state index contributed by atoms with van der Waals surface area (Å²) in [5.41, 5.74) is 3.70. The highest BCUT2D eigenvalue weighted by molar-refractivity contribution is 7.09. The minimum atomic E-state index is 0.00593. The van der Waals surface area contributed by atoms with Gasteiger partial charge in [-0.25, -0.2) is 0 Å². The Morgan fingerprint density at radius 2 is 2.06 bits per heavy atom. The van der Waals surface area contributed by atoms with E-state index in [1.807, 2.05) is 6.07 Å². The van der Waals surface area contributed by atoms with E-state index in [0.717, 1.165) is 12.1 Å². The highest BCUT2D eigenvalue weighted by Gasteiger charge is 2.10. The molecule has 1 aromatic heterocycles. The second kappa shape index (κ2) is 6.14. The van der Waals surface area contributed by atoms with Crippen molar-refractivity contribution >= 4 is 11.3 Å². The van der Waals surface area contributed by atoms with Crippen LogP contribution < -0.4 is 5.32 Å². The van der Waals surface area contributed by atoms with Crippen LogP contribution in [-0.2, 0) is 6.54 Å². The molecule has 0 radical (unpaired) electrons. The highest BCUT2D eigenvalue weighted by Crippen LogP contribution is 2.18. The van der Waals surface area contributed by atoms with Gasteiger partial charge in [0.05, 0.1) is 12.6 Å². The number of rotatable bonds is 5. The van der Waals surface area contributed by atoms with Crippen LogP contribution in [0.3, 0.4) is 0 Å². The third-order valence-corrected chi connectivity index (χ3v) is 4.10. The summed E-state index contributed by atoms with van der Waals surface area (Å²) in [6, 6.07) is 10.5. The molecule has 2 rings (SSSR count). The minimum absolute atomic E-state index is 0.00593. The standard InChI is InChI=1S/C15H19NOS/c1-11-5-6-13(8-12(11)2)15(10-17)16-9-14-4-3-7-18-14/h3-8,15-17H,9-10H2,1-2H3. The van der Waals surface area contributed by atoms with Gasteiger partial charge in [-0.2, -0.15) is 0 Å². The molecule has 3 heteroatoms. The van der Waals surface area contributed by atoms with Crippen molar-refractivity contribution in [3.8, 4) is 0 Å². The van der Waals surface area contributed by atoms with Gasteiger partial charge >= 0.3 is 0 Å². The van der Waals surface area contributed by atoms with Gasteiger partial charge in [-0.05, 0) is 42.0 Å². The molecular formula is C15H19NOS. The van der Waals surface area contributed by atoms with Crippen molar-refractivity contribution in [3.05, 3.63) is 57.3 Å². The van der Waals surface area contributed by atoms with E-state index in [9.17, 15) is 5.11 Å². The number of hydrogen-bond acceptors (Lipinski definition) is 3. The molecule has 0 bridgehead atoms. The summed E-state index contributed by atoms with van der Waals surface area (Å²) in [5, 5.41) is 15.0. The summed E-state index contributed by atoms with van der Waals surface area (Å²) in [5.74, 6) is 0. The van der Waals surface area contributed by atoms with E-state index >= 15 is 0 Å². The third-order valence-electron chi connectivity index (χ3n) is 3.22. The van der Waals surface area contributed by atoms with Crippen LogP contribution in [0.15, 0.2) is 35.7 Å². The van der Waals surface area contributed by atoms with Gasteiger partial charge in [-0.1, -0.05) is 24.3 Å². The summed E-state index contributed by atoms with van der Waals surface area (Å²) in [4.78, 5) is 1.29. The van der Waals surface area contributed by atoms with Crippen molar-refractivity contribution in [1.82, 2.24) is 5.32 Å². The van der Waals surface area contributed by atoms with Crippen LogP contribution in [0.4, 0.5) is 0 Å². The fourth-order valence-electron chi connectivity index (χ4n) is 1.91. The van der Waals surface area contributed by atoms with Crippen molar-refractivity contribution in [1.29, 1.82) is 0 Å². The highest BCUT2D eigenvalue weighted by atomic mass is 32.1. The Bertz CT molecular complexity index is 493. The lowest BCUT2D eigenvalue weighted by atomic mass is 10.0. The first-order valence-electron chi connectivity index (χ1n) is 6.14. The first-order chi connectivity index (χ1) is 8.70. The molecule has 0 aliphatic carbocycles. The van der Waals surface area contributed by atoms with E-state index in [2.05, 4.69) is 48.8 Å². The maximum absolute atomic E-state index is 9.51. The zero-order valence-corrected chi connectivity index (χ0v) is 11.6. The van der Waals surface area contributed by atoms with Crippen LogP contribution in [0, 0.1) is 13.8 Å². The van der Waals surface area contributed by atoms with E-state index in [0.29, 0.717) is 0 Å². The summed E-state index contributed by atoms with van der Waals surface area (Å²) in [6.07, 6.45) is 0. The molecule has 0 amide bonds. The molecule has 0 saturated carbocycles. The lowest BCUT2D eigenvalue weighted by Crippen LogP contribution is -2.23. The quantitative estimate of drug-likeness (QED) is 0.866. The van der Waals surface area contributed by atoms with E-state index in [1.165, 1.54) is 16.0 Å². The number of benzene rings is 1. The van der Waals surface area contributed by atoms with E-state index in [-0.39, 0.29) is 12.6 Å². The second-order valence-corrected chi connectivity index (χ2v) is 5.57.